The van der Waals surface area contributed by atoms with Crippen LogP contribution < -0.4 is 5.73 Å². The van der Waals surface area contributed by atoms with Gasteiger partial charge in [0.1, 0.15) is 0 Å². The predicted molar refractivity (Wildman–Crippen MR) is 39.9 cm³/mol. The standard InChI is InChI=1S/C7H11F6NO/c8-6(9,10)2-4(7(11,12)13)1-5(14)3-15/h4-5,15H,1-3,14H2. The Morgan fingerprint density at radius 3 is 1.80 bits per heavy atom. The number of aliphatic hydroxyl groups excluding tert-OH is 1. The molecule has 2 unspecified atom stereocenters. The Morgan fingerprint density at radius 2 is 1.53 bits per heavy atom. The van der Waals surface area contributed by atoms with Gasteiger partial charge in [-0.1, -0.05) is 0 Å². The van der Waals surface area contributed by atoms with E-state index >= 15 is 0 Å². The molecule has 0 amide bonds. The van der Waals surface area contributed by atoms with Gasteiger partial charge < -0.3 is 10.8 Å². The zero-order chi connectivity index (χ0) is 12.3. The fourth-order valence-electron chi connectivity index (χ4n) is 1.05. The van der Waals surface area contributed by atoms with Crippen molar-refractivity contribution in [2.24, 2.45) is 11.7 Å². The van der Waals surface area contributed by atoms with E-state index in [1.807, 2.05) is 0 Å². The van der Waals surface area contributed by atoms with Crippen molar-refractivity contribution in [3.63, 3.8) is 0 Å². The smallest absolute Gasteiger partial charge is 0.392 e. The lowest BCUT2D eigenvalue weighted by atomic mass is 9.96. The SMILES string of the molecule is NC(CO)CC(CC(F)(F)F)C(F)(F)F. The minimum absolute atomic E-state index is 0.773. The van der Waals surface area contributed by atoms with Crippen LogP contribution in [-0.4, -0.2) is 30.1 Å². The fraction of sp³-hybridized carbons (Fsp3) is 1.00. The molecule has 92 valence electrons. The Labute approximate surface area is 82.1 Å². The Balaban J connectivity index is 4.47. The van der Waals surface area contributed by atoms with Crippen molar-refractivity contribution in [2.75, 3.05) is 6.61 Å². The van der Waals surface area contributed by atoms with Gasteiger partial charge in [0.2, 0.25) is 0 Å². The van der Waals surface area contributed by atoms with E-state index in [4.69, 9.17) is 10.8 Å². The summed E-state index contributed by atoms with van der Waals surface area (Å²) in [5, 5.41) is 8.37. The maximum absolute atomic E-state index is 12.1. The number of halogens is 6. The molecule has 0 aromatic heterocycles. The van der Waals surface area contributed by atoms with E-state index in [0.717, 1.165) is 0 Å². The highest BCUT2D eigenvalue weighted by Crippen LogP contribution is 2.37. The molecule has 8 heteroatoms. The van der Waals surface area contributed by atoms with Crippen LogP contribution in [0.25, 0.3) is 0 Å². The number of nitrogens with two attached hydrogens (primary N) is 1. The van der Waals surface area contributed by atoms with Crippen LogP contribution in [-0.2, 0) is 0 Å². The van der Waals surface area contributed by atoms with E-state index in [2.05, 4.69) is 0 Å². The first kappa shape index (κ1) is 14.5. The quantitative estimate of drug-likeness (QED) is 0.735. The van der Waals surface area contributed by atoms with E-state index in [1.54, 1.807) is 0 Å². The number of rotatable bonds is 4. The van der Waals surface area contributed by atoms with E-state index in [9.17, 15) is 26.3 Å². The average Bonchev–Trinajstić information content (AvgIpc) is 1.98. The second-order valence-corrected chi connectivity index (χ2v) is 3.24. The second-order valence-electron chi connectivity index (χ2n) is 3.24. The molecule has 0 heterocycles. The van der Waals surface area contributed by atoms with E-state index < -0.39 is 43.8 Å². The average molecular weight is 239 g/mol. The Kier molecular flexibility index (Phi) is 4.85. The molecule has 0 saturated heterocycles. The van der Waals surface area contributed by atoms with Crippen molar-refractivity contribution in [3.05, 3.63) is 0 Å². The zero-order valence-electron chi connectivity index (χ0n) is 7.57. The molecule has 0 aliphatic carbocycles. The van der Waals surface area contributed by atoms with Crippen molar-refractivity contribution in [2.45, 2.75) is 31.2 Å². The lowest BCUT2D eigenvalue weighted by Gasteiger charge is -2.23. The highest BCUT2D eigenvalue weighted by atomic mass is 19.4. The molecular formula is C7H11F6NO. The number of hydrogen-bond acceptors (Lipinski definition) is 2. The summed E-state index contributed by atoms with van der Waals surface area (Å²) in [5.74, 6) is -2.56. The molecule has 0 bridgehead atoms. The summed E-state index contributed by atoms with van der Waals surface area (Å²) in [5.41, 5.74) is 4.97. The van der Waals surface area contributed by atoms with Crippen molar-refractivity contribution in [3.8, 4) is 0 Å². The summed E-state index contributed by atoms with van der Waals surface area (Å²) < 4.78 is 71.7. The van der Waals surface area contributed by atoms with Crippen LogP contribution in [0.4, 0.5) is 26.3 Å². The minimum atomic E-state index is -4.96. The van der Waals surface area contributed by atoms with E-state index in [0.29, 0.717) is 0 Å². The summed E-state index contributed by atoms with van der Waals surface area (Å²) in [6, 6.07) is -1.29. The van der Waals surface area contributed by atoms with Crippen LogP contribution in [0.15, 0.2) is 0 Å². The molecule has 2 nitrogen and oxygen atoms in total. The number of alkyl halides is 6. The van der Waals surface area contributed by atoms with Crippen LogP contribution >= 0.6 is 0 Å². The summed E-state index contributed by atoms with van der Waals surface area (Å²) in [6.45, 7) is -0.773. The lowest BCUT2D eigenvalue weighted by Crippen LogP contribution is -2.36. The third-order valence-electron chi connectivity index (χ3n) is 1.76. The fourth-order valence-corrected chi connectivity index (χ4v) is 1.05. The first-order valence-corrected chi connectivity index (χ1v) is 4.06. The van der Waals surface area contributed by atoms with Gasteiger partial charge in [0.15, 0.2) is 0 Å². The Bertz CT molecular complexity index is 189. The normalized spacial score (nSPS) is 17.6. The van der Waals surface area contributed by atoms with Gasteiger partial charge in [-0.25, -0.2) is 0 Å². The van der Waals surface area contributed by atoms with Crippen LogP contribution in [0.2, 0.25) is 0 Å². The number of hydrogen-bond donors (Lipinski definition) is 2. The number of aliphatic hydroxyl groups is 1. The van der Waals surface area contributed by atoms with Gasteiger partial charge in [-0.05, 0) is 6.42 Å². The van der Waals surface area contributed by atoms with Gasteiger partial charge in [0.05, 0.1) is 18.9 Å². The summed E-state index contributed by atoms with van der Waals surface area (Å²) in [7, 11) is 0. The highest BCUT2D eigenvalue weighted by molar-refractivity contribution is 4.76. The third kappa shape index (κ3) is 6.56. The lowest BCUT2D eigenvalue weighted by molar-refractivity contribution is -0.221. The summed E-state index contributed by atoms with van der Waals surface area (Å²) in [4.78, 5) is 0. The van der Waals surface area contributed by atoms with Crippen LogP contribution in [0.1, 0.15) is 12.8 Å². The Hall–Kier alpha value is -0.500. The molecule has 0 radical (unpaired) electrons. The van der Waals surface area contributed by atoms with Crippen LogP contribution in [0, 0.1) is 5.92 Å². The molecule has 0 spiro atoms. The predicted octanol–water partition coefficient (Wildman–Crippen LogP) is 1.83. The molecule has 0 aliphatic rings. The molecule has 0 rings (SSSR count). The first-order valence-electron chi connectivity index (χ1n) is 4.06. The molecule has 0 saturated carbocycles. The molecule has 0 fully saturated rings. The molecule has 0 aliphatic heterocycles. The van der Waals surface area contributed by atoms with Crippen molar-refractivity contribution < 1.29 is 31.4 Å². The van der Waals surface area contributed by atoms with Crippen LogP contribution in [0.5, 0.6) is 0 Å². The largest absolute Gasteiger partial charge is 0.395 e. The van der Waals surface area contributed by atoms with Gasteiger partial charge >= 0.3 is 12.4 Å². The molecule has 3 N–H and O–H groups in total. The van der Waals surface area contributed by atoms with E-state index in [-0.39, 0.29) is 0 Å². The zero-order valence-corrected chi connectivity index (χ0v) is 7.57. The molecular weight excluding hydrogens is 228 g/mol. The summed E-state index contributed by atoms with van der Waals surface area (Å²) >= 11 is 0. The van der Waals surface area contributed by atoms with Gasteiger partial charge in [0, 0.05) is 6.04 Å². The molecule has 0 aromatic carbocycles. The molecule has 15 heavy (non-hydrogen) atoms. The van der Waals surface area contributed by atoms with Gasteiger partial charge in [-0.3, -0.25) is 0 Å². The van der Waals surface area contributed by atoms with Gasteiger partial charge in [-0.15, -0.1) is 0 Å². The van der Waals surface area contributed by atoms with Crippen molar-refractivity contribution in [1.29, 1.82) is 0 Å². The summed E-state index contributed by atoms with van der Waals surface area (Å²) in [6.07, 6.45) is -12.7. The van der Waals surface area contributed by atoms with E-state index in [1.165, 1.54) is 0 Å². The Morgan fingerprint density at radius 1 is 1.07 bits per heavy atom. The van der Waals surface area contributed by atoms with Crippen LogP contribution in [0.3, 0.4) is 0 Å². The first-order chi connectivity index (χ1) is 6.56. The van der Waals surface area contributed by atoms with Gasteiger partial charge in [0.25, 0.3) is 0 Å². The second kappa shape index (κ2) is 5.02. The maximum atomic E-state index is 12.1. The van der Waals surface area contributed by atoms with Gasteiger partial charge in [-0.2, -0.15) is 26.3 Å². The van der Waals surface area contributed by atoms with Crippen molar-refractivity contribution >= 4 is 0 Å². The topological polar surface area (TPSA) is 46.2 Å². The third-order valence-corrected chi connectivity index (χ3v) is 1.76. The molecule has 0 aromatic rings. The maximum Gasteiger partial charge on any atom is 0.392 e. The molecule has 2 atom stereocenters. The minimum Gasteiger partial charge on any atom is -0.395 e. The monoisotopic (exact) mass is 239 g/mol. The van der Waals surface area contributed by atoms with Crippen molar-refractivity contribution in [1.82, 2.24) is 0 Å². The highest BCUT2D eigenvalue weighted by Gasteiger charge is 2.46.